The highest BCUT2D eigenvalue weighted by atomic mass is 35.5. The molecule has 1 unspecified atom stereocenters. The maximum atomic E-state index is 6.07. The van der Waals surface area contributed by atoms with E-state index in [1.165, 1.54) is 24.0 Å². The van der Waals surface area contributed by atoms with Crippen molar-refractivity contribution in [2.45, 2.75) is 78.7 Å². The highest BCUT2D eigenvalue weighted by Crippen LogP contribution is 2.38. The molecule has 3 heteroatoms. The molecular formula is C21H36ClNO. The van der Waals surface area contributed by atoms with Crippen LogP contribution in [0.4, 0.5) is 0 Å². The van der Waals surface area contributed by atoms with E-state index in [2.05, 4.69) is 59.7 Å². The monoisotopic (exact) mass is 353 g/mol. The molecule has 2 rings (SSSR count). The molecule has 0 aliphatic heterocycles. The zero-order valence-corrected chi connectivity index (χ0v) is 17.1. The molecule has 0 aromatic heterocycles. The van der Waals surface area contributed by atoms with Crippen LogP contribution in [0.2, 0.25) is 0 Å². The van der Waals surface area contributed by atoms with Crippen LogP contribution in [-0.2, 0) is 11.8 Å². The van der Waals surface area contributed by atoms with Gasteiger partial charge in [0.05, 0.1) is 6.61 Å². The van der Waals surface area contributed by atoms with Crippen LogP contribution in [0.15, 0.2) is 18.2 Å². The fourth-order valence-corrected chi connectivity index (χ4v) is 3.57. The van der Waals surface area contributed by atoms with E-state index in [4.69, 9.17) is 10.5 Å². The minimum Gasteiger partial charge on any atom is -0.493 e. The highest BCUT2D eigenvalue weighted by Gasteiger charge is 2.28. The zero-order valence-electron chi connectivity index (χ0n) is 16.3. The van der Waals surface area contributed by atoms with Gasteiger partial charge in [0.25, 0.3) is 0 Å². The van der Waals surface area contributed by atoms with E-state index in [1.54, 1.807) is 0 Å². The van der Waals surface area contributed by atoms with Gasteiger partial charge in [-0.2, -0.15) is 0 Å². The standard InChI is InChI=1S/C21H35NO.ClH/c1-15(22)11-17-12-18(21(5,6)14-20(2,3)4)9-10-19(17)23-13-16-7-8-16;/h9-10,12,15-16H,7-8,11,13-14,22H2,1-6H3;1H. The molecule has 0 amide bonds. The van der Waals surface area contributed by atoms with Crippen LogP contribution in [-0.4, -0.2) is 12.6 Å². The summed E-state index contributed by atoms with van der Waals surface area (Å²) in [4.78, 5) is 0. The zero-order chi connectivity index (χ0) is 17.3. The van der Waals surface area contributed by atoms with Gasteiger partial charge in [-0.25, -0.2) is 0 Å². The van der Waals surface area contributed by atoms with Gasteiger partial charge in [-0.1, -0.05) is 46.8 Å². The van der Waals surface area contributed by atoms with Crippen LogP contribution in [0.5, 0.6) is 5.75 Å². The number of benzene rings is 1. The molecule has 1 saturated carbocycles. The molecular weight excluding hydrogens is 318 g/mol. The molecule has 1 aromatic carbocycles. The molecule has 0 radical (unpaired) electrons. The number of halogens is 1. The predicted octanol–water partition coefficient (Wildman–Crippen LogP) is 5.50. The summed E-state index contributed by atoms with van der Waals surface area (Å²) in [5.41, 5.74) is 9.19. The van der Waals surface area contributed by atoms with Crippen LogP contribution >= 0.6 is 12.4 Å². The SMILES string of the molecule is CC(N)Cc1cc(C(C)(C)CC(C)(C)C)ccc1OCC1CC1.Cl. The van der Waals surface area contributed by atoms with Gasteiger partial charge in [-0.15, -0.1) is 12.4 Å². The fraction of sp³-hybridized carbons (Fsp3) is 0.714. The van der Waals surface area contributed by atoms with Crippen molar-refractivity contribution in [2.24, 2.45) is 17.1 Å². The molecule has 0 heterocycles. The molecule has 0 bridgehead atoms. The van der Waals surface area contributed by atoms with Gasteiger partial charge >= 0.3 is 0 Å². The second-order valence-electron chi connectivity index (χ2n) is 9.38. The maximum absolute atomic E-state index is 6.07. The van der Waals surface area contributed by atoms with Crippen LogP contribution in [0.1, 0.15) is 71.9 Å². The largest absolute Gasteiger partial charge is 0.493 e. The Hall–Kier alpha value is -0.730. The molecule has 1 atom stereocenters. The third-order valence-electron chi connectivity index (χ3n) is 4.53. The Labute approximate surface area is 155 Å². The topological polar surface area (TPSA) is 35.2 Å². The summed E-state index contributed by atoms with van der Waals surface area (Å²) >= 11 is 0. The van der Waals surface area contributed by atoms with Gasteiger partial charge in [0.1, 0.15) is 5.75 Å². The van der Waals surface area contributed by atoms with Crippen molar-refractivity contribution >= 4 is 12.4 Å². The van der Waals surface area contributed by atoms with Crippen molar-refractivity contribution in [1.29, 1.82) is 0 Å². The lowest BCUT2D eigenvalue weighted by molar-refractivity contribution is 0.282. The van der Waals surface area contributed by atoms with Gasteiger partial charge in [0.2, 0.25) is 0 Å². The predicted molar refractivity (Wildman–Crippen MR) is 106 cm³/mol. The number of hydrogen-bond acceptors (Lipinski definition) is 2. The van der Waals surface area contributed by atoms with Gasteiger partial charge in [-0.3, -0.25) is 0 Å². The van der Waals surface area contributed by atoms with Crippen LogP contribution in [0.3, 0.4) is 0 Å². The summed E-state index contributed by atoms with van der Waals surface area (Å²) in [6, 6.07) is 6.90. The second-order valence-corrected chi connectivity index (χ2v) is 9.38. The van der Waals surface area contributed by atoms with Gasteiger partial charge in [-0.05, 0) is 66.5 Å². The molecule has 138 valence electrons. The Kier molecular flexibility index (Phi) is 7.19. The summed E-state index contributed by atoms with van der Waals surface area (Å²) in [7, 11) is 0. The molecule has 1 fully saturated rings. The van der Waals surface area contributed by atoms with Crippen molar-refractivity contribution in [1.82, 2.24) is 0 Å². The lowest BCUT2D eigenvalue weighted by Crippen LogP contribution is -2.25. The lowest BCUT2D eigenvalue weighted by Gasteiger charge is -2.33. The van der Waals surface area contributed by atoms with Gasteiger partial charge < -0.3 is 10.5 Å². The van der Waals surface area contributed by atoms with E-state index in [-0.39, 0.29) is 23.9 Å². The van der Waals surface area contributed by atoms with Crippen molar-refractivity contribution in [3.8, 4) is 5.75 Å². The lowest BCUT2D eigenvalue weighted by atomic mass is 9.72. The third kappa shape index (κ3) is 6.64. The summed E-state index contributed by atoms with van der Waals surface area (Å²) in [5, 5.41) is 0. The number of hydrogen-bond donors (Lipinski definition) is 1. The number of ether oxygens (including phenoxy) is 1. The highest BCUT2D eigenvalue weighted by molar-refractivity contribution is 5.85. The van der Waals surface area contributed by atoms with E-state index in [9.17, 15) is 0 Å². The summed E-state index contributed by atoms with van der Waals surface area (Å²) in [6.07, 6.45) is 4.66. The van der Waals surface area contributed by atoms with E-state index in [0.717, 1.165) is 31.1 Å². The minimum atomic E-state index is 0. The first-order valence-electron chi connectivity index (χ1n) is 9.09. The Morgan fingerprint density at radius 2 is 1.79 bits per heavy atom. The number of nitrogens with two attached hydrogens (primary N) is 1. The van der Waals surface area contributed by atoms with Crippen LogP contribution in [0.25, 0.3) is 0 Å². The Balaban J connectivity index is 0.00000288. The molecule has 1 aliphatic carbocycles. The summed E-state index contributed by atoms with van der Waals surface area (Å²) in [6.45, 7) is 14.5. The van der Waals surface area contributed by atoms with Crippen molar-refractivity contribution in [3.63, 3.8) is 0 Å². The van der Waals surface area contributed by atoms with Crippen LogP contribution < -0.4 is 10.5 Å². The van der Waals surface area contributed by atoms with Crippen molar-refractivity contribution in [3.05, 3.63) is 29.3 Å². The molecule has 0 spiro atoms. The average Bonchev–Trinajstić information content (AvgIpc) is 3.17. The van der Waals surface area contributed by atoms with E-state index in [0.29, 0.717) is 5.41 Å². The normalized spacial score (nSPS) is 16.5. The van der Waals surface area contributed by atoms with Gasteiger partial charge in [0, 0.05) is 6.04 Å². The van der Waals surface area contributed by atoms with E-state index >= 15 is 0 Å². The van der Waals surface area contributed by atoms with Crippen molar-refractivity contribution in [2.75, 3.05) is 6.61 Å². The van der Waals surface area contributed by atoms with E-state index < -0.39 is 0 Å². The molecule has 2 N–H and O–H groups in total. The quantitative estimate of drug-likeness (QED) is 0.702. The Morgan fingerprint density at radius 3 is 2.29 bits per heavy atom. The smallest absolute Gasteiger partial charge is 0.122 e. The molecule has 2 nitrogen and oxygen atoms in total. The molecule has 1 aliphatic rings. The molecule has 1 aromatic rings. The first-order chi connectivity index (χ1) is 10.6. The maximum Gasteiger partial charge on any atom is 0.122 e. The average molecular weight is 354 g/mol. The number of rotatable bonds is 7. The molecule has 24 heavy (non-hydrogen) atoms. The third-order valence-corrected chi connectivity index (χ3v) is 4.53. The summed E-state index contributed by atoms with van der Waals surface area (Å²) < 4.78 is 6.07. The minimum absolute atomic E-state index is 0. The second kappa shape index (κ2) is 8.10. The van der Waals surface area contributed by atoms with Gasteiger partial charge in [0.15, 0.2) is 0 Å². The first-order valence-corrected chi connectivity index (χ1v) is 9.09. The molecule has 0 saturated heterocycles. The van der Waals surface area contributed by atoms with Crippen LogP contribution in [0, 0.1) is 11.3 Å². The van der Waals surface area contributed by atoms with Crippen molar-refractivity contribution < 1.29 is 4.74 Å². The Morgan fingerprint density at radius 1 is 1.17 bits per heavy atom. The Bertz CT molecular complexity index is 527. The summed E-state index contributed by atoms with van der Waals surface area (Å²) in [5.74, 6) is 1.81. The fourth-order valence-electron chi connectivity index (χ4n) is 3.57. The van der Waals surface area contributed by atoms with E-state index in [1.807, 2.05) is 0 Å². The first kappa shape index (κ1) is 21.3.